The van der Waals surface area contributed by atoms with E-state index >= 15 is 0 Å². The number of aromatic nitrogens is 2. The predicted octanol–water partition coefficient (Wildman–Crippen LogP) is 0.811. The Labute approximate surface area is 93.8 Å². The summed E-state index contributed by atoms with van der Waals surface area (Å²) in [6.07, 6.45) is 0. The number of hydrogen-bond acceptors (Lipinski definition) is 6. The minimum atomic E-state index is 0.521. The van der Waals surface area contributed by atoms with E-state index in [2.05, 4.69) is 22.4 Å². The second-order valence-electron chi connectivity index (χ2n) is 2.92. The average Bonchev–Trinajstić information content (AvgIpc) is 2.69. The predicted molar refractivity (Wildman–Crippen MR) is 58.8 cm³/mol. The van der Waals surface area contributed by atoms with Crippen LogP contribution in [0.2, 0.25) is 0 Å². The SMILES string of the molecule is CCNCc1nnc(COCCOC)s1. The number of ether oxygens (including phenoxy) is 2. The Morgan fingerprint density at radius 3 is 2.80 bits per heavy atom. The molecule has 0 amide bonds. The normalized spacial score (nSPS) is 10.8. The molecular weight excluding hydrogens is 214 g/mol. The van der Waals surface area contributed by atoms with Crippen LogP contribution in [0.1, 0.15) is 16.9 Å². The van der Waals surface area contributed by atoms with Gasteiger partial charge in [0.05, 0.1) is 13.2 Å². The second-order valence-corrected chi connectivity index (χ2v) is 4.06. The van der Waals surface area contributed by atoms with Gasteiger partial charge in [0, 0.05) is 13.7 Å². The van der Waals surface area contributed by atoms with Gasteiger partial charge in [-0.25, -0.2) is 0 Å². The highest BCUT2D eigenvalue weighted by molar-refractivity contribution is 7.11. The highest BCUT2D eigenvalue weighted by Crippen LogP contribution is 2.10. The zero-order valence-corrected chi connectivity index (χ0v) is 9.97. The van der Waals surface area contributed by atoms with E-state index in [1.54, 1.807) is 18.4 Å². The van der Waals surface area contributed by atoms with E-state index in [1.165, 1.54) is 0 Å². The third-order valence-electron chi connectivity index (χ3n) is 1.69. The molecule has 0 aliphatic carbocycles. The molecule has 0 aliphatic rings. The van der Waals surface area contributed by atoms with Crippen molar-refractivity contribution in [3.63, 3.8) is 0 Å². The first-order valence-electron chi connectivity index (χ1n) is 4.95. The van der Waals surface area contributed by atoms with Crippen LogP contribution in [0.5, 0.6) is 0 Å². The Kier molecular flexibility index (Phi) is 6.42. The van der Waals surface area contributed by atoms with Crippen molar-refractivity contribution >= 4 is 11.3 Å². The van der Waals surface area contributed by atoms with Crippen molar-refractivity contribution in [3.05, 3.63) is 10.0 Å². The Hall–Kier alpha value is -0.560. The van der Waals surface area contributed by atoms with E-state index in [0.717, 1.165) is 23.1 Å². The molecule has 0 bridgehead atoms. The summed E-state index contributed by atoms with van der Waals surface area (Å²) in [5.41, 5.74) is 0. The van der Waals surface area contributed by atoms with E-state index < -0.39 is 0 Å². The van der Waals surface area contributed by atoms with Crippen molar-refractivity contribution in [1.82, 2.24) is 15.5 Å². The highest BCUT2D eigenvalue weighted by Gasteiger charge is 2.03. The van der Waals surface area contributed by atoms with Gasteiger partial charge in [0.15, 0.2) is 0 Å². The zero-order chi connectivity index (χ0) is 10.9. The molecular formula is C9H17N3O2S. The van der Waals surface area contributed by atoms with Gasteiger partial charge in [-0.2, -0.15) is 0 Å². The fourth-order valence-electron chi connectivity index (χ4n) is 0.952. The first kappa shape index (κ1) is 12.5. The van der Waals surface area contributed by atoms with E-state index in [9.17, 15) is 0 Å². The van der Waals surface area contributed by atoms with Gasteiger partial charge in [-0.3, -0.25) is 0 Å². The Morgan fingerprint density at radius 2 is 2.07 bits per heavy atom. The second kappa shape index (κ2) is 7.70. The van der Waals surface area contributed by atoms with Crippen LogP contribution in [-0.4, -0.2) is 37.1 Å². The minimum absolute atomic E-state index is 0.521. The zero-order valence-electron chi connectivity index (χ0n) is 9.15. The molecule has 0 unspecified atom stereocenters. The molecule has 0 aromatic carbocycles. The molecule has 1 aromatic rings. The summed E-state index contributed by atoms with van der Waals surface area (Å²) in [6.45, 7) is 5.52. The van der Waals surface area contributed by atoms with Gasteiger partial charge in [0.25, 0.3) is 0 Å². The van der Waals surface area contributed by atoms with Crippen LogP contribution < -0.4 is 5.32 Å². The van der Waals surface area contributed by atoms with Gasteiger partial charge in [-0.15, -0.1) is 10.2 Å². The van der Waals surface area contributed by atoms with Crippen LogP contribution in [0.25, 0.3) is 0 Å². The molecule has 0 spiro atoms. The minimum Gasteiger partial charge on any atom is -0.382 e. The molecule has 1 aromatic heterocycles. The van der Waals surface area contributed by atoms with Gasteiger partial charge in [-0.05, 0) is 6.54 Å². The van der Waals surface area contributed by atoms with Crippen LogP contribution in [0.4, 0.5) is 0 Å². The van der Waals surface area contributed by atoms with Gasteiger partial charge in [0.1, 0.15) is 16.6 Å². The molecule has 0 radical (unpaired) electrons. The summed E-state index contributed by atoms with van der Waals surface area (Å²) in [5, 5.41) is 13.2. The van der Waals surface area contributed by atoms with Crippen molar-refractivity contribution in [2.24, 2.45) is 0 Å². The molecule has 1 heterocycles. The van der Waals surface area contributed by atoms with Crippen molar-refractivity contribution < 1.29 is 9.47 Å². The molecule has 0 saturated carbocycles. The van der Waals surface area contributed by atoms with Crippen molar-refractivity contribution in [2.75, 3.05) is 26.9 Å². The summed E-state index contributed by atoms with van der Waals surface area (Å²) >= 11 is 1.58. The third-order valence-corrected chi connectivity index (χ3v) is 2.59. The first-order valence-corrected chi connectivity index (χ1v) is 5.77. The smallest absolute Gasteiger partial charge is 0.143 e. The standard InChI is InChI=1S/C9H17N3O2S/c1-3-10-6-8-11-12-9(15-8)7-14-5-4-13-2/h10H,3-7H2,1-2H3. The lowest BCUT2D eigenvalue weighted by molar-refractivity contribution is 0.0613. The lowest BCUT2D eigenvalue weighted by Gasteiger charge is -1.99. The number of hydrogen-bond donors (Lipinski definition) is 1. The molecule has 0 aliphatic heterocycles. The van der Waals surface area contributed by atoms with E-state index in [4.69, 9.17) is 9.47 Å². The van der Waals surface area contributed by atoms with Crippen LogP contribution in [-0.2, 0) is 22.6 Å². The quantitative estimate of drug-likeness (QED) is 0.671. The maximum absolute atomic E-state index is 5.34. The fourth-order valence-corrected chi connectivity index (χ4v) is 1.70. The molecule has 86 valence electrons. The summed E-state index contributed by atoms with van der Waals surface area (Å²) in [4.78, 5) is 0. The largest absolute Gasteiger partial charge is 0.382 e. The maximum atomic E-state index is 5.34. The molecule has 15 heavy (non-hydrogen) atoms. The molecule has 6 heteroatoms. The van der Waals surface area contributed by atoms with Gasteiger partial charge in [-0.1, -0.05) is 18.3 Å². The summed E-state index contributed by atoms with van der Waals surface area (Å²) in [7, 11) is 1.66. The molecule has 0 atom stereocenters. The molecule has 1 rings (SSSR count). The lowest BCUT2D eigenvalue weighted by Crippen LogP contribution is -2.11. The lowest BCUT2D eigenvalue weighted by atomic mass is 10.6. The fraction of sp³-hybridized carbons (Fsp3) is 0.778. The maximum Gasteiger partial charge on any atom is 0.143 e. The summed E-state index contributed by atoms with van der Waals surface area (Å²) < 4.78 is 10.2. The summed E-state index contributed by atoms with van der Waals surface area (Å²) in [5.74, 6) is 0. The van der Waals surface area contributed by atoms with Crippen LogP contribution in [0.3, 0.4) is 0 Å². The van der Waals surface area contributed by atoms with Crippen LogP contribution >= 0.6 is 11.3 Å². The topological polar surface area (TPSA) is 56.3 Å². The van der Waals surface area contributed by atoms with Crippen molar-refractivity contribution in [3.8, 4) is 0 Å². The number of nitrogens with zero attached hydrogens (tertiary/aromatic N) is 2. The Morgan fingerprint density at radius 1 is 1.27 bits per heavy atom. The van der Waals surface area contributed by atoms with E-state index in [-0.39, 0.29) is 0 Å². The number of methoxy groups -OCH3 is 1. The number of rotatable bonds is 8. The molecule has 1 N–H and O–H groups in total. The van der Waals surface area contributed by atoms with Crippen LogP contribution in [0, 0.1) is 0 Å². The van der Waals surface area contributed by atoms with E-state index in [1.807, 2.05) is 0 Å². The van der Waals surface area contributed by atoms with E-state index in [0.29, 0.717) is 19.8 Å². The van der Waals surface area contributed by atoms with Crippen LogP contribution in [0.15, 0.2) is 0 Å². The molecule has 5 nitrogen and oxygen atoms in total. The van der Waals surface area contributed by atoms with Crippen molar-refractivity contribution in [2.45, 2.75) is 20.1 Å². The van der Waals surface area contributed by atoms with Gasteiger partial charge in [0.2, 0.25) is 0 Å². The van der Waals surface area contributed by atoms with Gasteiger partial charge < -0.3 is 14.8 Å². The molecule has 0 saturated heterocycles. The Bertz CT molecular complexity index is 268. The highest BCUT2D eigenvalue weighted by atomic mass is 32.1. The first-order chi connectivity index (χ1) is 7.36. The Balaban J connectivity index is 2.20. The molecule has 0 fully saturated rings. The number of nitrogens with one attached hydrogen (secondary N) is 1. The van der Waals surface area contributed by atoms with Gasteiger partial charge >= 0.3 is 0 Å². The monoisotopic (exact) mass is 231 g/mol. The average molecular weight is 231 g/mol. The van der Waals surface area contributed by atoms with Crippen molar-refractivity contribution in [1.29, 1.82) is 0 Å². The summed E-state index contributed by atoms with van der Waals surface area (Å²) in [6, 6.07) is 0. The third kappa shape index (κ3) is 5.17.